The molecule has 0 aliphatic carbocycles. The SMILES string of the molecule is COc1ccc(NC(=O)N2CCN(c3nc(N)nc4c3c(-c3ccc(F)cc3)nn4C)[C@@H](C)C2)c(C)c1. The first kappa shape index (κ1) is 24.3. The molecule has 3 N–H and O–H groups in total. The third-order valence-electron chi connectivity index (χ3n) is 6.66. The Hall–Kier alpha value is -4.41. The van der Waals surface area contributed by atoms with Crippen LogP contribution in [0.4, 0.5) is 26.6 Å². The van der Waals surface area contributed by atoms with Crippen LogP contribution in [0.3, 0.4) is 0 Å². The number of benzene rings is 2. The van der Waals surface area contributed by atoms with Crippen LogP contribution in [0.25, 0.3) is 22.3 Å². The van der Waals surface area contributed by atoms with E-state index in [0.29, 0.717) is 36.8 Å². The molecule has 0 spiro atoms. The molecule has 192 valence electrons. The zero-order valence-electron chi connectivity index (χ0n) is 21.2. The van der Waals surface area contributed by atoms with E-state index in [9.17, 15) is 9.18 Å². The number of urea groups is 1. The van der Waals surface area contributed by atoms with Gasteiger partial charge in [0.15, 0.2) is 5.65 Å². The highest BCUT2D eigenvalue weighted by atomic mass is 19.1. The van der Waals surface area contributed by atoms with Gasteiger partial charge in [-0.05, 0) is 61.9 Å². The van der Waals surface area contributed by atoms with Crippen LogP contribution in [0.2, 0.25) is 0 Å². The molecule has 1 saturated heterocycles. The molecule has 4 aromatic rings. The van der Waals surface area contributed by atoms with Crippen molar-refractivity contribution in [1.82, 2.24) is 24.6 Å². The van der Waals surface area contributed by atoms with Crippen LogP contribution in [0.1, 0.15) is 12.5 Å². The summed E-state index contributed by atoms with van der Waals surface area (Å²) >= 11 is 0. The highest BCUT2D eigenvalue weighted by Gasteiger charge is 2.31. The van der Waals surface area contributed by atoms with E-state index in [1.807, 2.05) is 32.0 Å². The summed E-state index contributed by atoms with van der Waals surface area (Å²) in [4.78, 5) is 26.0. The molecule has 2 amide bonds. The summed E-state index contributed by atoms with van der Waals surface area (Å²) in [6, 6.07) is 11.5. The Morgan fingerprint density at radius 2 is 1.92 bits per heavy atom. The van der Waals surface area contributed by atoms with E-state index in [4.69, 9.17) is 10.5 Å². The van der Waals surface area contributed by atoms with Gasteiger partial charge in [0.2, 0.25) is 5.95 Å². The van der Waals surface area contributed by atoms with Gasteiger partial charge in [0.05, 0.1) is 12.5 Å². The van der Waals surface area contributed by atoms with Crippen molar-refractivity contribution in [3.05, 3.63) is 53.8 Å². The molecule has 0 unspecified atom stereocenters. The van der Waals surface area contributed by atoms with Crippen molar-refractivity contribution in [3.8, 4) is 17.0 Å². The monoisotopic (exact) mass is 504 g/mol. The summed E-state index contributed by atoms with van der Waals surface area (Å²) in [5, 5.41) is 8.39. The maximum Gasteiger partial charge on any atom is 0.321 e. The molecule has 11 heteroatoms. The number of halogens is 1. The summed E-state index contributed by atoms with van der Waals surface area (Å²) in [7, 11) is 3.40. The van der Waals surface area contributed by atoms with Crippen LogP contribution in [-0.2, 0) is 7.05 Å². The molecule has 1 aliphatic rings. The number of methoxy groups -OCH3 is 1. The number of anilines is 3. The van der Waals surface area contributed by atoms with Crippen LogP contribution in [0.5, 0.6) is 5.75 Å². The molecule has 0 bridgehead atoms. The largest absolute Gasteiger partial charge is 0.497 e. The molecule has 2 aromatic heterocycles. The fourth-order valence-corrected chi connectivity index (χ4v) is 4.72. The number of carbonyl (C=O) groups excluding carboxylic acids is 1. The van der Waals surface area contributed by atoms with Crippen LogP contribution >= 0.6 is 0 Å². The van der Waals surface area contributed by atoms with Gasteiger partial charge in [0.25, 0.3) is 0 Å². The van der Waals surface area contributed by atoms with E-state index in [0.717, 1.165) is 28.0 Å². The number of piperazine rings is 1. The number of nitrogen functional groups attached to an aromatic ring is 1. The number of aryl methyl sites for hydroxylation is 2. The number of nitrogens with one attached hydrogen (secondary N) is 1. The molecule has 1 aliphatic heterocycles. The van der Waals surface area contributed by atoms with E-state index in [-0.39, 0.29) is 23.8 Å². The zero-order chi connectivity index (χ0) is 26.3. The maximum atomic E-state index is 13.6. The molecular formula is C26H29FN8O2. The van der Waals surface area contributed by atoms with Crippen molar-refractivity contribution in [2.75, 3.05) is 42.7 Å². The normalized spacial score (nSPS) is 15.8. The van der Waals surface area contributed by atoms with Gasteiger partial charge in [-0.15, -0.1) is 0 Å². The first-order valence-electron chi connectivity index (χ1n) is 12.0. The lowest BCUT2D eigenvalue weighted by Gasteiger charge is -2.40. The van der Waals surface area contributed by atoms with E-state index in [1.165, 1.54) is 12.1 Å². The summed E-state index contributed by atoms with van der Waals surface area (Å²) in [5.74, 6) is 1.20. The Balaban J connectivity index is 1.42. The van der Waals surface area contributed by atoms with Crippen LogP contribution in [0.15, 0.2) is 42.5 Å². The van der Waals surface area contributed by atoms with Crippen LogP contribution < -0.4 is 20.7 Å². The maximum absolute atomic E-state index is 13.6. The number of nitrogens with zero attached hydrogens (tertiary/aromatic N) is 6. The fraction of sp³-hybridized carbons (Fsp3) is 0.308. The lowest BCUT2D eigenvalue weighted by atomic mass is 10.1. The van der Waals surface area contributed by atoms with E-state index in [1.54, 1.807) is 35.9 Å². The van der Waals surface area contributed by atoms with Crippen molar-refractivity contribution in [2.45, 2.75) is 19.9 Å². The molecule has 0 saturated carbocycles. The predicted octanol–water partition coefficient (Wildman–Crippen LogP) is 3.81. The Morgan fingerprint density at radius 3 is 2.59 bits per heavy atom. The van der Waals surface area contributed by atoms with Crippen molar-refractivity contribution in [3.63, 3.8) is 0 Å². The van der Waals surface area contributed by atoms with Gasteiger partial charge in [-0.2, -0.15) is 15.1 Å². The molecule has 5 rings (SSSR count). The Labute approximate surface area is 213 Å². The van der Waals surface area contributed by atoms with Gasteiger partial charge in [-0.1, -0.05) is 0 Å². The second-order valence-corrected chi connectivity index (χ2v) is 9.18. The molecule has 1 fully saturated rings. The summed E-state index contributed by atoms with van der Waals surface area (Å²) in [6.07, 6.45) is 0. The second-order valence-electron chi connectivity index (χ2n) is 9.18. The quantitative estimate of drug-likeness (QED) is 0.434. The second kappa shape index (κ2) is 9.57. The van der Waals surface area contributed by atoms with Crippen molar-refractivity contribution >= 4 is 34.5 Å². The summed E-state index contributed by atoms with van der Waals surface area (Å²) < 4.78 is 20.5. The minimum absolute atomic E-state index is 0.0600. The number of ether oxygens (including phenoxy) is 1. The molecule has 37 heavy (non-hydrogen) atoms. The number of fused-ring (bicyclic) bond motifs is 1. The third kappa shape index (κ3) is 4.59. The fourth-order valence-electron chi connectivity index (χ4n) is 4.72. The molecule has 3 heterocycles. The van der Waals surface area contributed by atoms with E-state index in [2.05, 4.69) is 25.3 Å². The Morgan fingerprint density at radius 1 is 1.16 bits per heavy atom. The predicted molar refractivity (Wildman–Crippen MR) is 141 cm³/mol. The lowest BCUT2D eigenvalue weighted by Crippen LogP contribution is -2.55. The van der Waals surface area contributed by atoms with E-state index >= 15 is 0 Å². The zero-order valence-corrected chi connectivity index (χ0v) is 21.2. The number of hydrogen-bond donors (Lipinski definition) is 2. The van der Waals surface area contributed by atoms with Gasteiger partial charge in [0.1, 0.15) is 23.1 Å². The van der Waals surface area contributed by atoms with Crippen molar-refractivity contribution in [2.24, 2.45) is 7.05 Å². The van der Waals surface area contributed by atoms with Gasteiger partial charge in [-0.25, -0.2) is 13.9 Å². The highest BCUT2D eigenvalue weighted by Crippen LogP contribution is 2.35. The van der Waals surface area contributed by atoms with Crippen molar-refractivity contribution in [1.29, 1.82) is 0 Å². The van der Waals surface area contributed by atoms with Gasteiger partial charge in [0, 0.05) is 44.0 Å². The minimum Gasteiger partial charge on any atom is -0.497 e. The van der Waals surface area contributed by atoms with Gasteiger partial charge < -0.3 is 25.6 Å². The first-order chi connectivity index (χ1) is 17.7. The van der Waals surface area contributed by atoms with E-state index < -0.39 is 0 Å². The number of nitrogens with two attached hydrogens (primary N) is 1. The Kier molecular flexibility index (Phi) is 6.28. The lowest BCUT2D eigenvalue weighted by molar-refractivity contribution is 0.200. The van der Waals surface area contributed by atoms with Crippen LogP contribution in [0, 0.1) is 12.7 Å². The average Bonchev–Trinajstić information content (AvgIpc) is 3.21. The molecule has 0 radical (unpaired) electrons. The smallest absolute Gasteiger partial charge is 0.321 e. The number of hydrogen-bond acceptors (Lipinski definition) is 7. The summed E-state index contributed by atoms with van der Waals surface area (Å²) in [6.45, 7) is 5.48. The minimum atomic E-state index is -0.322. The van der Waals surface area contributed by atoms with Gasteiger partial charge >= 0.3 is 6.03 Å². The molecule has 2 aromatic carbocycles. The highest BCUT2D eigenvalue weighted by molar-refractivity contribution is 6.00. The standard InChI is InChI=1S/C26H29FN8O2/c1-15-13-19(37-4)9-10-20(15)29-26(36)34-11-12-35(16(2)14-34)24-21-22(17-5-7-18(27)8-6-17)32-33(3)23(21)30-25(28)31-24/h5-10,13,16H,11-12,14H2,1-4H3,(H,29,36)(H2,28,30,31)/t16-/m0/s1. The average molecular weight is 505 g/mol. The summed E-state index contributed by atoms with van der Waals surface area (Å²) in [5.41, 5.74) is 9.73. The molecule has 1 atom stereocenters. The molecule has 10 nitrogen and oxygen atoms in total. The van der Waals surface area contributed by atoms with Gasteiger partial charge in [-0.3, -0.25) is 0 Å². The number of amides is 2. The third-order valence-corrected chi connectivity index (χ3v) is 6.66. The first-order valence-corrected chi connectivity index (χ1v) is 12.0. The Bertz CT molecular complexity index is 1470. The number of rotatable bonds is 4. The van der Waals surface area contributed by atoms with Crippen LogP contribution in [-0.4, -0.2) is 63.5 Å². The van der Waals surface area contributed by atoms with Crippen molar-refractivity contribution < 1.29 is 13.9 Å². The topological polar surface area (TPSA) is 114 Å². The molecular weight excluding hydrogens is 475 g/mol. The number of aromatic nitrogens is 4. The number of carbonyl (C=O) groups is 1.